The van der Waals surface area contributed by atoms with Crippen LogP contribution >= 0.6 is 0 Å². The molecule has 1 N–H and O–H groups in total. The zero-order valence-corrected chi connectivity index (χ0v) is 14.1. The Bertz CT molecular complexity index is 809. The van der Waals surface area contributed by atoms with Gasteiger partial charge in [0.25, 0.3) is 5.82 Å². The Kier molecular flexibility index (Phi) is 4.84. The van der Waals surface area contributed by atoms with Gasteiger partial charge in [-0.3, -0.25) is 4.79 Å². The van der Waals surface area contributed by atoms with Crippen LogP contribution in [0.5, 0.6) is 11.5 Å². The third-order valence-electron chi connectivity index (χ3n) is 3.85. The van der Waals surface area contributed by atoms with Crippen molar-refractivity contribution in [2.24, 2.45) is 5.92 Å². The van der Waals surface area contributed by atoms with Gasteiger partial charge in [-0.25, -0.2) is 9.67 Å². The molecule has 0 fully saturated rings. The molecule has 8 nitrogen and oxygen atoms in total. The van der Waals surface area contributed by atoms with Crippen molar-refractivity contribution in [3.63, 3.8) is 0 Å². The topological polar surface area (TPSA) is 102 Å². The van der Waals surface area contributed by atoms with E-state index >= 15 is 0 Å². The van der Waals surface area contributed by atoms with Gasteiger partial charge in [-0.1, -0.05) is 19.9 Å². The van der Waals surface area contributed by atoms with Crippen LogP contribution in [0.3, 0.4) is 0 Å². The van der Waals surface area contributed by atoms with Crippen LogP contribution in [-0.4, -0.2) is 33.9 Å². The van der Waals surface area contributed by atoms with Gasteiger partial charge in [0.05, 0.1) is 6.04 Å². The highest BCUT2D eigenvalue weighted by Gasteiger charge is 2.21. The van der Waals surface area contributed by atoms with Gasteiger partial charge in [-0.2, -0.15) is 5.26 Å². The number of benzene rings is 1. The molecule has 8 heteroatoms. The summed E-state index contributed by atoms with van der Waals surface area (Å²) in [6, 6.07) is 7.36. The minimum Gasteiger partial charge on any atom is -0.486 e. The minimum absolute atomic E-state index is 0.00243. The Morgan fingerprint density at radius 2 is 2.12 bits per heavy atom. The number of carbonyl (C=O) groups is 1. The third-order valence-corrected chi connectivity index (χ3v) is 3.85. The van der Waals surface area contributed by atoms with E-state index in [1.54, 1.807) is 0 Å². The van der Waals surface area contributed by atoms with Gasteiger partial charge in [0.2, 0.25) is 5.91 Å². The highest BCUT2D eigenvalue weighted by atomic mass is 16.6. The summed E-state index contributed by atoms with van der Waals surface area (Å²) in [4.78, 5) is 16.1. The number of aromatic nitrogens is 3. The number of rotatable bonds is 5. The first kappa shape index (κ1) is 16.8. The van der Waals surface area contributed by atoms with E-state index < -0.39 is 0 Å². The lowest BCUT2D eigenvalue weighted by Crippen LogP contribution is -2.34. The van der Waals surface area contributed by atoms with Gasteiger partial charge in [0.1, 0.15) is 32.2 Å². The Hall–Kier alpha value is -3.08. The Morgan fingerprint density at radius 1 is 1.36 bits per heavy atom. The molecule has 3 rings (SSSR count). The maximum atomic E-state index is 12.3. The second kappa shape index (κ2) is 7.21. The second-order valence-corrected chi connectivity index (χ2v) is 6.07. The molecule has 1 aromatic heterocycles. The summed E-state index contributed by atoms with van der Waals surface area (Å²) in [5.41, 5.74) is 0.948. The van der Waals surface area contributed by atoms with Crippen LogP contribution in [-0.2, 0) is 11.3 Å². The van der Waals surface area contributed by atoms with E-state index in [0.717, 1.165) is 11.3 Å². The van der Waals surface area contributed by atoms with Crippen molar-refractivity contribution in [2.45, 2.75) is 26.4 Å². The third kappa shape index (κ3) is 3.88. The largest absolute Gasteiger partial charge is 0.486 e. The van der Waals surface area contributed by atoms with Crippen LogP contribution in [0.25, 0.3) is 0 Å². The molecule has 0 aliphatic carbocycles. The van der Waals surface area contributed by atoms with E-state index in [2.05, 4.69) is 15.4 Å². The normalized spacial score (nSPS) is 14.0. The molecule has 1 amide bonds. The first-order valence-electron chi connectivity index (χ1n) is 8.05. The van der Waals surface area contributed by atoms with Crippen molar-refractivity contribution < 1.29 is 14.3 Å². The number of amides is 1. The van der Waals surface area contributed by atoms with Crippen LogP contribution in [0.2, 0.25) is 0 Å². The quantitative estimate of drug-likeness (QED) is 0.883. The molecule has 0 radical (unpaired) electrons. The summed E-state index contributed by atoms with van der Waals surface area (Å²) < 4.78 is 12.5. The lowest BCUT2D eigenvalue weighted by atomic mass is 9.95. The Balaban J connectivity index is 1.72. The van der Waals surface area contributed by atoms with Crippen molar-refractivity contribution in [1.29, 1.82) is 5.26 Å². The summed E-state index contributed by atoms with van der Waals surface area (Å²) in [6.45, 7) is 5.13. The van der Waals surface area contributed by atoms with E-state index in [1.807, 2.05) is 38.1 Å². The molecule has 0 saturated heterocycles. The number of ether oxygens (including phenoxy) is 2. The van der Waals surface area contributed by atoms with Gasteiger partial charge in [-0.05, 0) is 23.6 Å². The first-order chi connectivity index (χ1) is 12.1. The summed E-state index contributed by atoms with van der Waals surface area (Å²) in [7, 11) is 0. The van der Waals surface area contributed by atoms with Gasteiger partial charge >= 0.3 is 0 Å². The van der Waals surface area contributed by atoms with Crippen molar-refractivity contribution in [3.05, 3.63) is 35.9 Å². The van der Waals surface area contributed by atoms with Crippen molar-refractivity contribution in [2.75, 3.05) is 13.2 Å². The van der Waals surface area contributed by atoms with Crippen LogP contribution in [0.1, 0.15) is 31.3 Å². The monoisotopic (exact) mass is 341 g/mol. The molecule has 2 heterocycles. The maximum absolute atomic E-state index is 12.3. The van der Waals surface area contributed by atoms with Gasteiger partial charge in [0.15, 0.2) is 11.5 Å². The summed E-state index contributed by atoms with van der Waals surface area (Å²) in [5.74, 6) is 1.43. The summed E-state index contributed by atoms with van der Waals surface area (Å²) in [6.07, 6.45) is 1.37. The number of carbonyl (C=O) groups excluding carboxylic acids is 1. The van der Waals surface area contributed by atoms with Crippen molar-refractivity contribution in [3.8, 4) is 17.6 Å². The molecule has 0 saturated carbocycles. The standard InChI is InChI=1S/C17H19N5O3/c1-11(2)17(12-3-4-13-14(7-12)25-6-5-24-13)20-16(23)9-22-10-19-15(8-18)21-22/h3-4,7,10-11,17H,5-6,9H2,1-2H3,(H,20,23)/t17-/m0/s1. The highest BCUT2D eigenvalue weighted by molar-refractivity contribution is 5.76. The van der Waals surface area contributed by atoms with Crippen LogP contribution in [0.15, 0.2) is 24.5 Å². The second-order valence-electron chi connectivity index (χ2n) is 6.07. The molecule has 130 valence electrons. The number of nitrogens with one attached hydrogen (secondary N) is 1. The Labute approximate surface area is 145 Å². The van der Waals surface area contributed by atoms with E-state index in [4.69, 9.17) is 14.7 Å². The molecule has 0 spiro atoms. The minimum atomic E-state index is -0.206. The van der Waals surface area contributed by atoms with Crippen LogP contribution < -0.4 is 14.8 Å². The Morgan fingerprint density at radius 3 is 2.80 bits per heavy atom. The molecular formula is C17H19N5O3. The molecule has 0 unspecified atom stereocenters. The fourth-order valence-electron chi connectivity index (χ4n) is 2.68. The molecule has 25 heavy (non-hydrogen) atoms. The number of hydrogen-bond acceptors (Lipinski definition) is 6. The fourth-order valence-corrected chi connectivity index (χ4v) is 2.68. The average Bonchev–Trinajstić information content (AvgIpc) is 3.06. The van der Waals surface area contributed by atoms with E-state index in [1.165, 1.54) is 11.0 Å². The van der Waals surface area contributed by atoms with Gasteiger partial charge in [0, 0.05) is 0 Å². The summed E-state index contributed by atoms with van der Waals surface area (Å²) in [5, 5.41) is 15.6. The maximum Gasteiger partial charge on any atom is 0.252 e. The van der Waals surface area contributed by atoms with Gasteiger partial charge < -0.3 is 14.8 Å². The molecule has 0 bridgehead atoms. The van der Waals surface area contributed by atoms with Gasteiger partial charge in [-0.15, -0.1) is 5.10 Å². The highest BCUT2D eigenvalue weighted by Crippen LogP contribution is 2.34. The lowest BCUT2D eigenvalue weighted by molar-refractivity contribution is -0.122. The molecular weight excluding hydrogens is 322 g/mol. The molecule has 1 aliphatic rings. The molecule has 1 aliphatic heterocycles. The fraction of sp³-hybridized carbons (Fsp3) is 0.412. The zero-order chi connectivity index (χ0) is 17.8. The smallest absolute Gasteiger partial charge is 0.252 e. The van der Waals surface area contributed by atoms with Crippen LogP contribution in [0.4, 0.5) is 0 Å². The predicted molar refractivity (Wildman–Crippen MR) is 87.9 cm³/mol. The molecule has 1 aromatic carbocycles. The molecule has 2 aromatic rings. The van der Waals surface area contributed by atoms with Crippen molar-refractivity contribution >= 4 is 5.91 Å². The first-order valence-corrected chi connectivity index (χ1v) is 8.05. The predicted octanol–water partition coefficient (Wildman–Crippen LogP) is 1.43. The summed E-state index contributed by atoms with van der Waals surface area (Å²) >= 11 is 0. The number of nitrogens with zero attached hydrogens (tertiary/aromatic N) is 4. The number of nitriles is 1. The van der Waals surface area contributed by atoms with E-state index in [9.17, 15) is 4.79 Å². The average molecular weight is 341 g/mol. The van der Waals surface area contributed by atoms with E-state index in [-0.39, 0.29) is 30.2 Å². The zero-order valence-electron chi connectivity index (χ0n) is 14.1. The SMILES string of the molecule is CC(C)[C@H](NC(=O)Cn1cnc(C#N)n1)c1ccc2c(c1)OCCO2. The number of hydrogen-bond donors (Lipinski definition) is 1. The number of fused-ring (bicyclic) bond motifs is 1. The van der Waals surface area contributed by atoms with Crippen LogP contribution in [0, 0.1) is 17.2 Å². The van der Waals surface area contributed by atoms with E-state index in [0.29, 0.717) is 19.0 Å². The van der Waals surface area contributed by atoms with Crippen molar-refractivity contribution in [1.82, 2.24) is 20.1 Å². The molecule has 1 atom stereocenters. The lowest BCUT2D eigenvalue weighted by Gasteiger charge is -2.25.